The Kier molecular flexibility index (Phi) is 2.60. The molecule has 104 valence electrons. The van der Waals surface area contributed by atoms with Gasteiger partial charge in [0.05, 0.1) is 0 Å². The van der Waals surface area contributed by atoms with Crippen molar-refractivity contribution in [2.45, 2.75) is 57.4 Å². The Hall–Kier alpha value is -0.760. The first-order valence-electron chi connectivity index (χ1n) is 8.08. The fourth-order valence-electron chi connectivity index (χ4n) is 5.95. The van der Waals surface area contributed by atoms with E-state index < -0.39 is 0 Å². The fourth-order valence-corrected chi connectivity index (χ4v) is 5.95. The van der Waals surface area contributed by atoms with Crippen LogP contribution in [0.2, 0.25) is 0 Å². The Bertz CT molecular complexity index is 450. The van der Waals surface area contributed by atoms with Crippen molar-refractivity contribution < 1.29 is 0 Å². The van der Waals surface area contributed by atoms with E-state index in [2.05, 4.69) is 23.6 Å². The standard InChI is InChI=1S/C17H26N2/c1-12-2-3-16(4-5-18)19(12)17-9-13-6-14(10-17)8-15(7-13)11-17/h2-3,13-15H,4-11,18H2,1H3. The lowest BCUT2D eigenvalue weighted by atomic mass is 9.53. The van der Waals surface area contributed by atoms with Gasteiger partial charge in [-0.1, -0.05) is 0 Å². The predicted octanol–water partition coefficient (Wildman–Crippen LogP) is 3.22. The molecule has 4 bridgehead atoms. The number of nitrogens with zero attached hydrogens (tertiary/aromatic N) is 1. The average Bonchev–Trinajstić information content (AvgIpc) is 2.70. The molecule has 0 atom stereocenters. The number of aryl methyl sites for hydroxylation is 1. The van der Waals surface area contributed by atoms with Gasteiger partial charge in [-0.15, -0.1) is 0 Å². The number of rotatable bonds is 3. The van der Waals surface area contributed by atoms with Gasteiger partial charge in [-0.3, -0.25) is 0 Å². The largest absolute Gasteiger partial charge is 0.343 e. The van der Waals surface area contributed by atoms with Crippen molar-refractivity contribution >= 4 is 0 Å². The van der Waals surface area contributed by atoms with Crippen molar-refractivity contribution in [2.24, 2.45) is 23.5 Å². The molecule has 0 spiro atoms. The van der Waals surface area contributed by atoms with Gasteiger partial charge < -0.3 is 10.3 Å². The molecule has 0 unspecified atom stereocenters. The Morgan fingerprint density at radius 1 is 1.11 bits per heavy atom. The number of hydrogen-bond donors (Lipinski definition) is 1. The van der Waals surface area contributed by atoms with Gasteiger partial charge >= 0.3 is 0 Å². The van der Waals surface area contributed by atoms with Crippen LogP contribution >= 0.6 is 0 Å². The zero-order chi connectivity index (χ0) is 13.0. The molecule has 2 N–H and O–H groups in total. The maximum atomic E-state index is 5.82. The summed E-state index contributed by atoms with van der Waals surface area (Å²) in [4.78, 5) is 0. The molecule has 0 aromatic carbocycles. The summed E-state index contributed by atoms with van der Waals surface area (Å²) in [6.07, 6.45) is 9.91. The molecule has 4 aliphatic carbocycles. The lowest BCUT2D eigenvalue weighted by Crippen LogP contribution is -2.52. The van der Waals surface area contributed by atoms with Gasteiger partial charge in [0, 0.05) is 16.9 Å². The molecule has 4 fully saturated rings. The van der Waals surface area contributed by atoms with Gasteiger partial charge in [-0.25, -0.2) is 0 Å². The highest BCUT2D eigenvalue weighted by Crippen LogP contribution is 2.59. The summed E-state index contributed by atoms with van der Waals surface area (Å²) in [6.45, 7) is 3.06. The average molecular weight is 258 g/mol. The molecule has 0 radical (unpaired) electrons. The van der Waals surface area contributed by atoms with Crippen molar-refractivity contribution in [3.8, 4) is 0 Å². The molecule has 19 heavy (non-hydrogen) atoms. The molecule has 0 aliphatic heterocycles. The van der Waals surface area contributed by atoms with E-state index in [-0.39, 0.29) is 0 Å². The number of hydrogen-bond acceptors (Lipinski definition) is 1. The summed E-state index contributed by atoms with van der Waals surface area (Å²) in [6, 6.07) is 4.63. The van der Waals surface area contributed by atoms with Crippen LogP contribution < -0.4 is 5.73 Å². The van der Waals surface area contributed by atoms with Crippen LogP contribution in [0.1, 0.15) is 49.9 Å². The smallest absolute Gasteiger partial charge is 0.0453 e. The Balaban J connectivity index is 1.77. The van der Waals surface area contributed by atoms with Gasteiger partial charge in [0.1, 0.15) is 0 Å². The van der Waals surface area contributed by atoms with Crippen molar-refractivity contribution in [2.75, 3.05) is 6.54 Å². The highest BCUT2D eigenvalue weighted by molar-refractivity contribution is 5.21. The molecule has 1 heterocycles. The van der Waals surface area contributed by atoms with E-state index in [1.807, 2.05) is 0 Å². The van der Waals surface area contributed by atoms with Crippen molar-refractivity contribution in [1.82, 2.24) is 4.57 Å². The molecule has 4 aliphatic rings. The van der Waals surface area contributed by atoms with E-state index in [9.17, 15) is 0 Å². The Morgan fingerprint density at radius 2 is 1.68 bits per heavy atom. The van der Waals surface area contributed by atoms with E-state index in [1.165, 1.54) is 49.9 Å². The first kappa shape index (κ1) is 12.0. The van der Waals surface area contributed by atoms with E-state index in [0.29, 0.717) is 5.54 Å². The van der Waals surface area contributed by atoms with Gasteiger partial charge in [0.2, 0.25) is 0 Å². The van der Waals surface area contributed by atoms with Gasteiger partial charge in [-0.05, 0) is 88.3 Å². The van der Waals surface area contributed by atoms with Crippen LogP contribution in [0.25, 0.3) is 0 Å². The molecule has 2 heteroatoms. The van der Waals surface area contributed by atoms with Crippen LogP contribution in [0.3, 0.4) is 0 Å². The molecular formula is C17H26N2. The summed E-state index contributed by atoms with van der Waals surface area (Å²) in [7, 11) is 0. The van der Waals surface area contributed by atoms with Crippen LogP contribution in [0.15, 0.2) is 12.1 Å². The van der Waals surface area contributed by atoms with Gasteiger partial charge in [0.25, 0.3) is 0 Å². The minimum Gasteiger partial charge on any atom is -0.343 e. The third-order valence-electron chi connectivity index (χ3n) is 6.04. The quantitative estimate of drug-likeness (QED) is 0.886. The predicted molar refractivity (Wildman–Crippen MR) is 78.1 cm³/mol. The SMILES string of the molecule is Cc1ccc(CCN)n1C12CC3CC(CC(C3)C1)C2. The summed E-state index contributed by atoms with van der Waals surface area (Å²) in [5.74, 6) is 3.04. The summed E-state index contributed by atoms with van der Waals surface area (Å²) < 4.78 is 2.71. The second-order valence-electron chi connectivity index (χ2n) is 7.48. The fraction of sp³-hybridized carbons (Fsp3) is 0.765. The second kappa shape index (κ2) is 4.12. The van der Waals surface area contributed by atoms with Crippen molar-refractivity contribution in [3.05, 3.63) is 23.5 Å². The van der Waals surface area contributed by atoms with E-state index in [0.717, 1.165) is 30.7 Å². The van der Waals surface area contributed by atoms with Crippen molar-refractivity contribution in [3.63, 3.8) is 0 Å². The van der Waals surface area contributed by atoms with E-state index in [4.69, 9.17) is 5.73 Å². The molecule has 1 aromatic heterocycles. The topological polar surface area (TPSA) is 30.9 Å². The maximum Gasteiger partial charge on any atom is 0.0453 e. The van der Waals surface area contributed by atoms with Crippen LogP contribution in [0, 0.1) is 24.7 Å². The zero-order valence-corrected chi connectivity index (χ0v) is 12.1. The van der Waals surface area contributed by atoms with Crippen LogP contribution in [0.4, 0.5) is 0 Å². The third kappa shape index (κ3) is 1.72. The maximum absolute atomic E-state index is 5.82. The first-order chi connectivity index (χ1) is 9.20. The second-order valence-corrected chi connectivity index (χ2v) is 7.48. The monoisotopic (exact) mass is 258 g/mol. The summed E-state index contributed by atoms with van der Waals surface area (Å²) in [5, 5.41) is 0. The summed E-state index contributed by atoms with van der Waals surface area (Å²) >= 11 is 0. The highest BCUT2D eigenvalue weighted by Gasteiger charge is 2.52. The minimum atomic E-state index is 0.465. The zero-order valence-electron chi connectivity index (χ0n) is 12.1. The first-order valence-corrected chi connectivity index (χ1v) is 8.08. The highest BCUT2D eigenvalue weighted by atomic mass is 15.1. The molecular weight excluding hydrogens is 232 g/mol. The normalized spacial score (nSPS) is 40.0. The molecule has 5 rings (SSSR count). The molecule has 0 saturated heterocycles. The minimum absolute atomic E-state index is 0.465. The van der Waals surface area contributed by atoms with Crippen LogP contribution in [-0.4, -0.2) is 11.1 Å². The lowest BCUT2D eigenvalue weighted by Gasteiger charge is -2.58. The van der Waals surface area contributed by atoms with Crippen LogP contribution in [0.5, 0.6) is 0 Å². The molecule has 4 saturated carbocycles. The lowest BCUT2D eigenvalue weighted by molar-refractivity contribution is -0.0449. The Morgan fingerprint density at radius 3 is 2.21 bits per heavy atom. The van der Waals surface area contributed by atoms with Gasteiger partial charge in [0.15, 0.2) is 0 Å². The van der Waals surface area contributed by atoms with E-state index in [1.54, 1.807) is 0 Å². The van der Waals surface area contributed by atoms with Crippen molar-refractivity contribution in [1.29, 1.82) is 0 Å². The number of nitrogens with two attached hydrogens (primary N) is 1. The Labute approximate surface area is 116 Å². The molecule has 2 nitrogen and oxygen atoms in total. The molecule has 0 amide bonds. The van der Waals surface area contributed by atoms with Gasteiger partial charge in [-0.2, -0.15) is 0 Å². The molecule has 1 aromatic rings. The third-order valence-corrected chi connectivity index (χ3v) is 6.04. The van der Waals surface area contributed by atoms with E-state index >= 15 is 0 Å². The summed E-state index contributed by atoms with van der Waals surface area (Å²) in [5.41, 5.74) is 9.23. The van der Waals surface area contributed by atoms with Crippen LogP contribution in [-0.2, 0) is 12.0 Å². The number of aromatic nitrogens is 1.